The third kappa shape index (κ3) is 5.27. The minimum Gasteiger partial charge on any atom is -0.459 e. The summed E-state index contributed by atoms with van der Waals surface area (Å²) in [6.07, 6.45) is -3.39. The van der Waals surface area contributed by atoms with E-state index in [1.807, 2.05) is 19.1 Å². The zero-order valence-corrected chi connectivity index (χ0v) is 29.8. The second-order valence-corrected chi connectivity index (χ2v) is 15.8. The number of cyclic esters (lactones) is 1. The van der Waals surface area contributed by atoms with E-state index in [4.69, 9.17) is 18.9 Å². The number of hydrogen-bond donors (Lipinski definition) is 7. The highest BCUT2D eigenvalue weighted by molar-refractivity contribution is 5.98. The van der Waals surface area contributed by atoms with Crippen molar-refractivity contribution in [2.45, 2.75) is 139 Å². The average molecular weight is 721 g/mol. The van der Waals surface area contributed by atoms with Gasteiger partial charge in [-0.15, -0.1) is 0 Å². The van der Waals surface area contributed by atoms with Crippen LogP contribution in [0.3, 0.4) is 0 Å². The van der Waals surface area contributed by atoms with Gasteiger partial charge in [0.25, 0.3) is 0 Å². The molecule has 2 aliphatic heterocycles. The second kappa shape index (κ2) is 13.1. The molecule has 5 unspecified atom stereocenters. The molecular formula is C37H52O14. The fourth-order valence-electron chi connectivity index (χ4n) is 10.8. The highest BCUT2D eigenvalue weighted by atomic mass is 16.7. The molecule has 14 nitrogen and oxygen atoms in total. The van der Waals surface area contributed by atoms with Gasteiger partial charge in [0.15, 0.2) is 12.1 Å². The zero-order chi connectivity index (χ0) is 37.5. The van der Waals surface area contributed by atoms with Gasteiger partial charge in [0, 0.05) is 25.2 Å². The smallest absolute Gasteiger partial charge is 0.336 e. The van der Waals surface area contributed by atoms with E-state index < -0.39 is 102 Å². The van der Waals surface area contributed by atoms with Crippen LogP contribution in [0, 0.1) is 22.7 Å². The number of aliphatic hydroxyl groups is 7. The van der Waals surface area contributed by atoms with Crippen LogP contribution in [0.5, 0.6) is 0 Å². The standard InChI is InChI=1S/C37H52O14/c1-6-35-13-12-22-23(11-10-20-8-7-9-25(40)33(20,22)4)37(35,47)27(49-19(3)39)15-36(35,46)34(5,45)26-14-18(2)21(31(44)51-26)17-48-32-30(43)29(42)28(41)24(16-38)50-32/h7,9-10,22-24,26-30,32,38,41-43,45-47H,6,8,11-17H2,1-5H3/t22-,23+,24?,26+,27-,28?,29?,30?,32?,33-,34-,35+,36+,37-/m0/s1. The summed E-state index contributed by atoms with van der Waals surface area (Å²) in [4.78, 5) is 39.6. The molecule has 1 saturated heterocycles. The molecule has 2 heterocycles. The molecule has 0 spiro atoms. The van der Waals surface area contributed by atoms with Crippen LogP contribution in [-0.4, -0.2) is 126 Å². The molecule has 0 radical (unpaired) electrons. The van der Waals surface area contributed by atoms with E-state index in [1.54, 1.807) is 19.9 Å². The second-order valence-electron chi connectivity index (χ2n) is 15.8. The summed E-state index contributed by atoms with van der Waals surface area (Å²) < 4.78 is 22.6. The lowest BCUT2D eigenvalue weighted by molar-refractivity contribution is -0.299. The van der Waals surface area contributed by atoms with Crippen LogP contribution >= 0.6 is 0 Å². The lowest BCUT2D eigenvalue weighted by atomic mass is 9.43. The summed E-state index contributed by atoms with van der Waals surface area (Å²) in [5.74, 6) is -2.54. The fraction of sp³-hybridized carbons (Fsp3) is 0.757. The highest BCUT2D eigenvalue weighted by Gasteiger charge is 2.81. The Morgan fingerprint density at radius 3 is 2.45 bits per heavy atom. The van der Waals surface area contributed by atoms with Gasteiger partial charge in [-0.3, -0.25) is 9.59 Å². The summed E-state index contributed by atoms with van der Waals surface area (Å²) >= 11 is 0. The third-order valence-electron chi connectivity index (χ3n) is 13.7. The number of hydrogen-bond acceptors (Lipinski definition) is 14. The molecule has 6 aliphatic rings. The van der Waals surface area contributed by atoms with Crippen molar-refractivity contribution in [2.24, 2.45) is 22.7 Å². The van der Waals surface area contributed by atoms with Crippen molar-refractivity contribution in [3.8, 4) is 0 Å². The fourth-order valence-corrected chi connectivity index (χ4v) is 10.8. The lowest BCUT2D eigenvalue weighted by Gasteiger charge is -2.64. The maximum Gasteiger partial charge on any atom is 0.336 e. The van der Waals surface area contributed by atoms with Crippen LogP contribution in [0.15, 0.2) is 34.9 Å². The Labute approximate surface area is 296 Å². The predicted molar refractivity (Wildman–Crippen MR) is 176 cm³/mol. The molecule has 0 aromatic heterocycles. The van der Waals surface area contributed by atoms with Crippen LogP contribution in [0.4, 0.5) is 0 Å². The van der Waals surface area contributed by atoms with Crippen molar-refractivity contribution >= 4 is 17.7 Å². The normalized spacial score (nSPS) is 46.4. The number of rotatable bonds is 8. The number of carbonyl (C=O) groups excluding carboxylic acids is 3. The molecule has 284 valence electrons. The quantitative estimate of drug-likeness (QED) is 0.132. The van der Waals surface area contributed by atoms with Gasteiger partial charge in [0.1, 0.15) is 53.4 Å². The van der Waals surface area contributed by atoms with Crippen LogP contribution in [0.25, 0.3) is 0 Å². The van der Waals surface area contributed by atoms with E-state index in [0.717, 1.165) is 5.57 Å². The van der Waals surface area contributed by atoms with E-state index in [2.05, 4.69) is 0 Å². The van der Waals surface area contributed by atoms with E-state index >= 15 is 0 Å². The molecule has 0 amide bonds. The first-order chi connectivity index (χ1) is 23.8. The SMILES string of the molecule is CC[C@]12CC[C@H]3[C@@H](CC=C4CC=CC(=O)[C@@]43C)[C@]1(O)[C@@H](OC(C)=O)C[C@@]2(O)[C@@](C)(O)[C@H]1CC(C)=C(COC2OC(CO)C(O)C(O)C2O)C(=O)O1. The van der Waals surface area contributed by atoms with Gasteiger partial charge < -0.3 is 54.7 Å². The average Bonchev–Trinajstić information content (AvgIpc) is 3.28. The topological polar surface area (TPSA) is 230 Å². The van der Waals surface area contributed by atoms with E-state index in [1.165, 1.54) is 13.8 Å². The zero-order valence-electron chi connectivity index (χ0n) is 29.8. The number of esters is 2. The van der Waals surface area contributed by atoms with Crippen molar-refractivity contribution in [1.82, 2.24) is 0 Å². The van der Waals surface area contributed by atoms with Gasteiger partial charge in [0.05, 0.1) is 24.2 Å². The molecule has 4 aliphatic carbocycles. The molecule has 0 aromatic rings. The van der Waals surface area contributed by atoms with Gasteiger partial charge in [0.2, 0.25) is 0 Å². The van der Waals surface area contributed by atoms with Crippen molar-refractivity contribution < 1.29 is 69.1 Å². The summed E-state index contributed by atoms with van der Waals surface area (Å²) in [7, 11) is 0. The first-order valence-electron chi connectivity index (χ1n) is 17.9. The number of allylic oxidation sites excluding steroid dienone is 4. The molecule has 51 heavy (non-hydrogen) atoms. The van der Waals surface area contributed by atoms with Crippen molar-refractivity contribution in [3.63, 3.8) is 0 Å². The molecule has 0 bridgehead atoms. The van der Waals surface area contributed by atoms with Crippen LogP contribution < -0.4 is 0 Å². The Bertz CT molecular complexity index is 1530. The molecule has 0 aromatic carbocycles. The summed E-state index contributed by atoms with van der Waals surface area (Å²) in [6.45, 7) is 6.80. The maximum atomic E-state index is 13.5. The Kier molecular flexibility index (Phi) is 9.81. The van der Waals surface area contributed by atoms with Crippen molar-refractivity contribution in [1.29, 1.82) is 0 Å². The lowest BCUT2D eigenvalue weighted by Crippen LogP contribution is -2.73. The minimum atomic E-state index is -2.19. The first kappa shape index (κ1) is 38.2. The Balaban J connectivity index is 1.31. The predicted octanol–water partition coefficient (Wildman–Crippen LogP) is 0.272. The number of carbonyl (C=O) groups is 3. The maximum absolute atomic E-state index is 13.5. The number of fused-ring (bicyclic) bond motifs is 5. The largest absolute Gasteiger partial charge is 0.459 e. The van der Waals surface area contributed by atoms with Gasteiger partial charge in [-0.1, -0.05) is 30.2 Å². The van der Waals surface area contributed by atoms with E-state index in [9.17, 15) is 50.1 Å². The number of ether oxygens (including phenoxy) is 4. The van der Waals surface area contributed by atoms with Crippen LogP contribution in [0.2, 0.25) is 0 Å². The summed E-state index contributed by atoms with van der Waals surface area (Å²) in [5, 5.41) is 78.7. The first-order valence-corrected chi connectivity index (χ1v) is 17.9. The molecule has 6 rings (SSSR count). The van der Waals surface area contributed by atoms with Crippen molar-refractivity contribution in [3.05, 3.63) is 34.9 Å². The van der Waals surface area contributed by atoms with Crippen molar-refractivity contribution in [2.75, 3.05) is 13.2 Å². The minimum absolute atomic E-state index is 0.0432. The molecule has 2 saturated carbocycles. The molecule has 7 N–H and O–H groups in total. The number of aliphatic hydroxyl groups excluding tert-OH is 4. The Morgan fingerprint density at radius 2 is 1.82 bits per heavy atom. The van der Waals surface area contributed by atoms with Gasteiger partial charge in [-0.05, 0) is 70.8 Å². The molecular weight excluding hydrogens is 668 g/mol. The van der Waals surface area contributed by atoms with Crippen LogP contribution in [-0.2, 0) is 33.3 Å². The van der Waals surface area contributed by atoms with E-state index in [0.29, 0.717) is 24.8 Å². The molecule has 14 atom stereocenters. The summed E-state index contributed by atoms with van der Waals surface area (Å²) in [5.41, 5.74) is -7.07. The molecule has 14 heteroatoms. The van der Waals surface area contributed by atoms with E-state index in [-0.39, 0.29) is 43.0 Å². The highest BCUT2D eigenvalue weighted by Crippen LogP contribution is 2.72. The van der Waals surface area contributed by atoms with Gasteiger partial charge >= 0.3 is 11.9 Å². The third-order valence-corrected chi connectivity index (χ3v) is 13.7. The van der Waals surface area contributed by atoms with Gasteiger partial charge in [-0.25, -0.2) is 4.79 Å². The Hall–Kier alpha value is -2.53. The Morgan fingerprint density at radius 1 is 1.12 bits per heavy atom. The monoisotopic (exact) mass is 720 g/mol. The van der Waals surface area contributed by atoms with Gasteiger partial charge in [-0.2, -0.15) is 0 Å². The number of ketones is 1. The van der Waals surface area contributed by atoms with Crippen LogP contribution in [0.1, 0.15) is 79.6 Å². The summed E-state index contributed by atoms with van der Waals surface area (Å²) in [6, 6.07) is 0. The molecule has 3 fully saturated rings.